The zero-order valence-electron chi connectivity index (χ0n) is 10.9. The highest BCUT2D eigenvalue weighted by Crippen LogP contribution is 2.37. The highest BCUT2D eigenvalue weighted by atomic mass is 19.2. The predicted molar refractivity (Wildman–Crippen MR) is 70.5 cm³/mol. The van der Waals surface area contributed by atoms with Crippen molar-refractivity contribution in [2.75, 3.05) is 0 Å². The average molecular weight is 268 g/mol. The van der Waals surface area contributed by atoms with Gasteiger partial charge in [-0.2, -0.15) is 0 Å². The van der Waals surface area contributed by atoms with Crippen LogP contribution in [0.3, 0.4) is 0 Å². The molecule has 0 N–H and O–H groups in total. The lowest BCUT2D eigenvalue weighted by Crippen LogP contribution is -2.13. The molecule has 0 aromatic heterocycles. The van der Waals surface area contributed by atoms with Crippen molar-refractivity contribution in [3.05, 3.63) is 47.8 Å². The second-order valence-corrected chi connectivity index (χ2v) is 5.33. The van der Waals surface area contributed by atoms with Gasteiger partial charge in [-0.1, -0.05) is 12.1 Å². The molecule has 0 aliphatic heterocycles. The summed E-state index contributed by atoms with van der Waals surface area (Å²) in [6.45, 7) is 0. The lowest BCUT2D eigenvalue weighted by molar-refractivity contribution is 0.311. The van der Waals surface area contributed by atoms with Crippen LogP contribution >= 0.6 is 0 Å². The van der Waals surface area contributed by atoms with Crippen LogP contribution in [0, 0.1) is 17.6 Å². The Morgan fingerprint density at radius 2 is 1.79 bits per heavy atom. The van der Waals surface area contributed by atoms with Crippen LogP contribution in [0.4, 0.5) is 13.2 Å². The highest BCUT2D eigenvalue weighted by Gasteiger charge is 2.22. The van der Waals surface area contributed by atoms with Gasteiger partial charge in [0.1, 0.15) is 0 Å². The second-order valence-electron chi connectivity index (χ2n) is 5.33. The molecule has 1 aliphatic rings. The Hall–Kier alpha value is -1.25. The Morgan fingerprint density at radius 1 is 1.05 bits per heavy atom. The Labute approximate surface area is 112 Å². The van der Waals surface area contributed by atoms with E-state index in [2.05, 4.69) is 0 Å². The van der Waals surface area contributed by atoms with Crippen LogP contribution in [0.25, 0.3) is 0 Å². The molecule has 1 aliphatic carbocycles. The smallest absolute Gasteiger partial charge is 0.159 e. The highest BCUT2D eigenvalue weighted by molar-refractivity contribution is 5.22. The maximum atomic E-state index is 13.2. The summed E-state index contributed by atoms with van der Waals surface area (Å²) in [6, 6.07) is 4.23. The van der Waals surface area contributed by atoms with Crippen molar-refractivity contribution in [1.29, 1.82) is 0 Å². The van der Waals surface area contributed by atoms with Crippen LogP contribution < -0.4 is 0 Å². The minimum atomic E-state index is -0.782. The van der Waals surface area contributed by atoms with Crippen molar-refractivity contribution in [3.8, 4) is 0 Å². The van der Waals surface area contributed by atoms with E-state index in [1.807, 2.05) is 0 Å². The van der Waals surface area contributed by atoms with Gasteiger partial charge in [0, 0.05) is 0 Å². The first-order chi connectivity index (χ1) is 9.20. The summed E-state index contributed by atoms with van der Waals surface area (Å²) in [6.07, 6.45) is 8.16. The zero-order chi connectivity index (χ0) is 13.7. The van der Waals surface area contributed by atoms with E-state index < -0.39 is 11.6 Å². The third-order valence-corrected chi connectivity index (χ3v) is 4.09. The normalized spacial score (nSPS) is 23.9. The van der Waals surface area contributed by atoms with Gasteiger partial charge in [0.05, 0.1) is 6.33 Å². The van der Waals surface area contributed by atoms with Crippen LogP contribution in [0.2, 0.25) is 0 Å². The van der Waals surface area contributed by atoms with Crippen molar-refractivity contribution in [2.45, 2.75) is 44.4 Å². The summed E-state index contributed by atoms with van der Waals surface area (Å²) in [5.74, 6) is -0.566. The Balaban J connectivity index is 1.87. The van der Waals surface area contributed by atoms with Crippen LogP contribution in [-0.4, -0.2) is 0 Å². The fourth-order valence-electron chi connectivity index (χ4n) is 2.95. The fourth-order valence-corrected chi connectivity index (χ4v) is 2.95. The summed E-state index contributed by atoms with van der Waals surface area (Å²) in [4.78, 5) is 0. The third kappa shape index (κ3) is 3.85. The van der Waals surface area contributed by atoms with E-state index in [0.29, 0.717) is 18.2 Å². The van der Waals surface area contributed by atoms with Gasteiger partial charge in [0.25, 0.3) is 0 Å². The summed E-state index contributed by atoms with van der Waals surface area (Å²) in [7, 11) is 0. The molecule has 1 aromatic carbocycles. The van der Waals surface area contributed by atoms with E-state index >= 15 is 0 Å². The fraction of sp³-hybridized carbons (Fsp3) is 0.500. The van der Waals surface area contributed by atoms with Gasteiger partial charge in [0.2, 0.25) is 0 Å². The molecule has 0 nitrogen and oxygen atoms in total. The molecule has 3 heteroatoms. The zero-order valence-corrected chi connectivity index (χ0v) is 10.9. The standard InChI is InChI=1S/C16H19F3/c17-10-2-1-3-12-4-6-13(7-5-12)14-8-9-15(18)16(19)11-14/h2,8-13H,1,3-7H2/b10-2+. The van der Waals surface area contributed by atoms with Gasteiger partial charge >= 0.3 is 0 Å². The molecular formula is C16H19F3. The lowest BCUT2D eigenvalue weighted by Gasteiger charge is -2.28. The maximum absolute atomic E-state index is 13.2. The van der Waals surface area contributed by atoms with Crippen molar-refractivity contribution in [2.24, 2.45) is 5.92 Å². The Bertz CT molecular complexity index is 432. The molecule has 2 rings (SSSR count). The van der Waals surface area contributed by atoms with E-state index in [1.54, 1.807) is 12.1 Å². The predicted octanol–water partition coefficient (Wildman–Crippen LogP) is 5.50. The van der Waals surface area contributed by atoms with Gasteiger partial charge < -0.3 is 0 Å². The van der Waals surface area contributed by atoms with E-state index in [4.69, 9.17) is 0 Å². The van der Waals surface area contributed by atoms with Gasteiger partial charge in [-0.3, -0.25) is 0 Å². The number of allylic oxidation sites excluding steroid dienone is 1. The molecule has 0 heterocycles. The molecule has 1 saturated carbocycles. The van der Waals surface area contributed by atoms with Gasteiger partial charge in [-0.05, 0) is 68.1 Å². The van der Waals surface area contributed by atoms with Crippen molar-refractivity contribution in [1.82, 2.24) is 0 Å². The topological polar surface area (TPSA) is 0 Å². The van der Waals surface area contributed by atoms with Crippen molar-refractivity contribution in [3.63, 3.8) is 0 Å². The van der Waals surface area contributed by atoms with Crippen LogP contribution in [-0.2, 0) is 0 Å². The number of rotatable bonds is 4. The molecular weight excluding hydrogens is 249 g/mol. The van der Waals surface area contributed by atoms with Crippen LogP contribution in [0.15, 0.2) is 30.6 Å². The van der Waals surface area contributed by atoms with Crippen molar-refractivity contribution < 1.29 is 13.2 Å². The van der Waals surface area contributed by atoms with Gasteiger partial charge in [0.15, 0.2) is 11.6 Å². The van der Waals surface area contributed by atoms with Crippen molar-refractivity contribution >= 4 is 0 Å². The summed E-state index contributed by atoms with van der Waals surface area (Å²) < 4.78 is 37.9. The lowest BCUT2D eigenvalue weighted by atomic mass is 9.77. The minimum absolute atomic E-state index is 0.336. The number of hydrogen-bond acceptors (Lipinski definition) is 0. The largest absolute Gasteiger partial charge is 0.216 e. The monoisotopic (exact) mass is 268 g/mol. The molecule has 0 radical (unpaired) electrons. The molecule has 0 unspecified atom stereocenters. The van der Waals surface area contributed by atoms with E-state index in [9.17, 15) is 13.2 Å². The molecule has 0 saturated heterocycles. The molecule has 0 spiro atoms. The minimum Gasteiger partial charge on any atom is -0.216 e. The number of hydrogen-bond donors (Lipinski definition) is 0. The molecule has 0 amide bonds. The maximum Gasteiger partial charge on any atom is 0.159 e. The summed E-state index contributed by atoms with van der Waals surface area (Å²) in [5.41, 5.74) is 0.904. The number of halogens is 3. The quantitative estimate of drug-likeness (QED) is 0.676. The third-order valence-electron chi connectivity index (χ3n) is 4.09. The van der Waals surface area contributed by atoms with E-state index in [0.717, 1.165) is 44.1 Å². The molecule has 19 heavy (non-hydrogen) atoms. The van der Waals surface area contributed by atoms with Crippen LogP contribution in [0.5, 0.6) is 0 Å². The molecule has 1 aromatic rings. The molecule has 1 fully saturated rings. The first kappa shape index (κ1) is 14.2. The summed E-state index contributed by atoms with van der Waals surface area (Å²) >= 11 is 0. The van der Waals surface area contributed by atoms with E-state index in [-0.39, 0.29) is 0 Å². The number of benzene rings is 1. The van der Waals surface area contributed by atoms with Gasteiger partial charge in [-0.25, -0.2) is 13.2 Å². The van der Waals surface area contributed by atoms with E-state index in [1.165, 1.54) is 12.1 Å². The van der Waals surface area contributed by atoms with Gasteiger partial charge in [-0.15, -0.1) is 0 Å². The average Bonchev–Trinajstić information content (AvgIpc) is 2.43. The second kappa shape index (κ2) is 6.78. The summed E-state index contributed by atoms with van der Waals surface area (Å²) in [5, 5.41) is 0. The SMILES string of the molecule is F/C=C/CCC1CCC(c2ccc(F)c(F)c2)CC1. The molecule has 0 atom stereocenters. The Morgan fingerprint density at radius 3 is 2.42 bits per heavy atom. The first-order valence-electron chi connectivity index (χ1n) is 6.91. The Kier molecular flexibility index (Phi) is 5.06. The molecule has 104 valence electrons. The van der Waals surface area contributed by atoms with Crippen LogP contribution in [0.1, 0.15) is 50.0 Å². The first-order valence-corrected chi connectivity index (χ1v) is 6.91. The molecule has 0 bridgehead atoms.